The van der Waals surface area contributed by atoms with E-state index in [-0.39, 0.29) is 5.82 Å². The smallest absolute Gasteiger partial charge is 0.163 e. The second-order valence-corrected chi connectivity index (χ2v) is 5.66. The third-order valence-corrected chi connectivity index (χ3v) is 4.15. The summed E-state index contributed by atoms with van der Waals surface area (Å²) in [6.07, 6.45) is 5.42. The first-order chi connectivity index (χ1) is 11.3. The van der Waals surface area contributed by atoms with Crippen LogP contribution in [0.15, 0.2) is 36.8 Å². The Morgan fingerprint density at radius 2 is 1.91 bits per heavy atom. The Bertz CT molecular complexity index is 807. The molecule has 0 atom stereocenters. The first-order valence-electron chi connectivity index (χ1n) is 7.73. The molecule has 6 nitrogen and oxygen atoms in total. The summed E-state index contributed by atoms with van der Waals surface area (Å²) in [7, 11) is 0. The molecule has 4 rings (SSSR count). The van der Waals surface area contributed by atoms with Gasteiger partial charge in [-0.15, -0.1) is 0 Å². The maximum atomic E-state index is 13.0. The van der Waals surface area contributed by atoms with E-state index < -0.39 is 0 Å². The minimum Gasteiger partial charge on any atom is -0.340 e. The summed E-state index contributed by atoms with van der Waals surface area (Å²) in [5.41, 5.74) is 1.61. The Kier molecular flexibility index (Phi) is 3.63. The molecule has 3 heterocycles. The van der Waals surface area contributed by atoms with Crippen LogP contribution in [0.4, 0.5) is 15.9 Å². The first-order valence-corrected chi connectivity index (χ1v) is 7.73. The van der Waals surface area contributed by atoms with Gasteiger partial charge in [0.25, 0.3) is 0 Å². The largest absolute Gasteiger partial charge is 0.340 e. The Morgan fingerprint density at radius 1 is 1.13 bits per heavy atom. The molecule has 1 saturated heterocycles. The molecule has 0 saturated carbocycles. The van der Waals surface area contributed by atoms with E-state index in [9.17, 15) is 4.39 Å². The van der Waals surface area contributed by atoms with E-state index in [0.717, 1.165) is 42.7 Å². The number of nitrogens with zero attached hydrogens (tertiary/aromatic N) is 4. The van der Waals surface area contributed by atoms with Crippen LogP contribution in [-0.2, 0) is 0 Å². The molecular weight excluding hydrogens is 295 g/mol. The van der Waals surface area contributed by atoms with E-state index in [2.05, 4.69) is 25.7 Å². The predicted octanol–water partition coefficient (Wildman–Crippen LogP) is 2.63. The normalized spacial score (nSPS) is 15.9. The van der Waals surface area contributed by atoms with Crippen LogP contribution < -0.4 is 10.6 Å². The highest BCUT2D eigenvalue weighted by atomic mass is 19.1. The summed E-state index contributed by atoms with van der Waals surface area (Å²) in [6, 6.07) is 6.56. The lowest BCUT2D eigenvalue weighted by Gasteiger charge is -2.23. The molecule has 3 aromatic rings. The highest BCUT2D eigenvalue weighted by Crippen LogP contribution is 2.27. The standard InChI is InChI=1S/C16H17FN6/c17-11-1-3-12(4-2-11)22-15-14-9-21-23(16(14)20-10-19-15)13-5-7-18-8-6-13/h1-4,9-10,13,18H,5-8H2,(H,19,20,22). The van der Waals surface area contributed by atoms with Crippen LogP contribution in [0.3, 0.4) is 0 Å². The Balaban J connectivity index is 1.68. The summed E-state index contributed by atoms with van der Waals surface area (Å²) in [4.78, 5) is 8.70. The van der Waals surface area contributed by atoms with Crippen molar-refractivity contribution in [2.45, 2.75) is 18.9 Å². The van der Waals surface area contributed by atoms with E-state index in [1.807, 2.05) is 4.68 Å². The highest BCUT2D eigenvalue weighted by molar-refractivity contribution is 5.88. The third kappa shape index (κ3) is 2.75. The molecule has 1 aromatic carbocycles. The van der Waals surface area contributed by atoms with Gasteiger partial charge in [-0.05, 0) is 50.2 Å². The molecule has 0 amide bonds. The fraction of sp³-hybridized carbons (Fsp3) is 0.312. The van der Waals surface area contributed by atoms with Gasteiger partial charge in [0.1, 0.15) is 18.0 Å². The number of halogens is 1. The average molecular weight is 312 g/mol. The van der Waals surface area contributed by atoms with Gasteiger partial charge < -0.3 is 10.6 Å². The van der Waals surface area contributed by atoms with Gasteiger partial charge in [0.05, 0.1) is 17.6 Å². The van der Waals surface area contributed by atoms with Crippen LogP contribution in [0.2, 0.25) is 0 Å². The maximum absolute atomic E-state index is 13.0. The zero-order valence-corrected chi connectivity index (χ0v) is 12.5. The quantitative estimate of drug-likeness (QED) is 0.778. The Hall–Kier alpha value is -2.54. The SMILES string of the molecule is Fc1ccc(Nc2ncnc3c2cnn3C2CCNCC2)cc1. The number of hydrogen-bond donors (Lipinski definition) is 2. The van der Waals surface area contributed by atoms with Gasteiger partial charge in [-0.25, -0.2) is 19.0 Å². The Labute approximate surface area is 132 Å². The van der Waals surface area contributed by atoms with Crippen LogP contribution in [0.5, 0.6) is 0 Å². The number of nitrogens with one attached hydrogen (secondary N) is 2. The monoisotopic (exact) mass is 312 g/mol. The lowest BCUT2D eigenvalue weighted by molar-refractivity contribution is 0.349. The van der Waals surface area contributed by atoms with E-state index in [4.69, 9.17) is 0 Å². The van der Waals surface area contributed by atoms with Gasteiger partial charge in [-0.2, -0.15) is 5.10 Å². The molecule has 118 valence electrons. The predicted molar refractivity (Wildman–Crippen MR) is 86.1 cm³/mol. The van der Waals surface area contributed by atoms with E-state index >= 15 is 0 Å². The maximum Gasteiger partial charge on any atom is 0.163 e. The summed E-state index contributed by atoms with van der Waals surface area (Å²) >= 11 is 0. The molecule has 1 fully saturated rings. The molecule has 2 N–H and O–H groups in total. The van der Waals surface area contributed by atoms with Crippen molar-refractivity contribution in [3.63, 3.8) is 0 Å². The zero-order chi connectivity index (χ0) is 15.6. The van der Waals surface area contributed by atoms with Gasteiger partial charge in [0.2, 0.25) is 0 Å². The number of piperidine rings is 1. The number of fused-ring (bicyclic) bond motifs is 1. The van der Waals surface area contributed by atoms with Crippen molar-refractivity contribution in [1.29, 1.82) is 0 Å². The van der Waals surface area contributed by atoms with Crippen LogP contribution >= 0.6 is 0 Å². The summed E-state index contributed by atoms with van der Waals surface area (Å²) in [5.74, 6) is 0.420. The van der Waals surface area contributed by atoms with Gasteiger partial charge in [-0.3, -0.25) is 0 Å². The van der Waals surface area contributed by atoms with E-state index in [0.29, 0.717) is 11.9 Å². The minimum atomic E-state index is -0.262. The van der Waals surface area contributed by atoms with Gasteiger partial charge in [-0.1, -0.05) is 0 Å². The van der Waals surface area contributed by atoms with Crippen LogP contribution in [0.1, 0.15) is 18.9 Å². The number of aromatic nitrogens is 4. The van der Waals surface area contributed by atoms with Crippen LogP contribution in [-0.4, -0.2) is 32.8 Å². The minimum absolute atomic E-state index is 0.262. The molecule has 0 bridgehead atoms. The highest BCUT2D eigenvalue weighted by Gasteiger charge is 2.19. The lowest BCUT2D eigenvalue weighted by Crippen LogP contribution is -2.29. The van der Waals surface area contributed by atoms with E-state index in [1.165, 1.54) is 18.5 Å². The zero-order valence-electron chi connectivity index (χ0n) is 12.5. The summed E-state index contributed by atoms with van der Waals surface area (Å²) in [6.45, 7) is 2.00. The lowest BCUT2D eigenvalue weighted by atomic mass is 10.1. The van der Waals surface area contributed by atoms with Crippen molar-refractivity contribution in [3.05, 3.63) is 42.6 Å². The second-order valence-electron chi connectivity index (χ2n) is 5.66. The van der Waals surface area contributed by atoms with Crippen LogP contribution in [0.25, 0.3) is 11.0 Å². The van der Waals surface area contributed by atoms with Crippen molar-refractivity contribution >= 4 is 22.5 Å². The molecule has 0 spiro atoms. The van der Waals surface area contributed by atoms with E-state index in [1.54, 1.807) is 18.3 Å². The molecule has 23 heavy (non-hydrogen) atoms. The molecule has 0 unspecified atom stereocenters. The van der Waals surface area contributed by atoms with Crippen molar-refractivity contribution < 1.29 is 4.39 Å². The topological polar surface area (TPSA) is 67.7 Å². The molecule has 1 aliphatic heterocycles. The van der Waals surface area contributed by atoms with Gasteiger partial charge >= 0.3 is 0 Å². The van der Waals surface area contributed by atoms with Gasteiger partial charge in [0, 0.05) is 5.69 Å². The van der Waals surface area contributed by atoms with Crippen molar-refractivity contribution in [2.24, 2.45) is 0 Å². The number of benzene rings is 1. The number of hydrogen-bond acceptors (Lipinski definition) is 5. The second kappa shape index (κ2) is 5.92. The molecule has 2 aromatic heterocycles. The fourth-order valence-corrected chi connectivity index (χ4v) is 2.95. The van der Waals surface area contributed by atoms with Crippen molar-refractivity contribution in [2.75, 3.05) is 18.4 Å². The third-order valence-electron chi connectivity index (χ3n) is 4.15. The first kappa shape index (κ1) is 14.1. The number of anilines is 2. The fourth-order valence-electron chi connectivity index (χ4n) is 2.95. The van der Waals surface area contributed by atoms with Crippen molar-refractivity contribution in [3.8, 4) is 0 Å². The summed E-state index contributed by atoms with van der Waals surface area (Å²) in [5, 5.41) is 12.0. The van der Waals surface area contributed by atoms with Crippen LogP contribution in [0, 0.1) is 5.82 Å². The molecule has 7 heteroatoms. The average Bonchev–Trinajstić information content (AvgIpc) is 3.03. The van der Waals surface area contributed by atoms with Gasteiger partial charge in [0.15, 0.2) is 5.65 Å². The number of rotatable bonds is 3. The van der Waals surface area contributed by atoms with Crippen molar-refractivity contribution in [1.82, 2.24) is 25.1 Å². The molecule has 0 radical (unpaired) electrons. The molecule has 1 aliphatic rings. The molecule has 0 aliphatic carbocycles. The Morgan fingerprint density at radius 3 is 2.70 bits per heavy atom. The molecular formula is C16H17FN6. The summed E-state index contributed by atoms with van der Waals surface area (Å²) < 4.78 is 15.0.